The van der Waals surface area contributed by atoms with E-state index in [0.717, 1.165) is 6.07 Å². The van der Waals surface area contributed by atoms with Crippen molar-refractivity contribution in [1.29, 1.82) is 0 Å². The van der Waals surface area contributed by atoms with E-state index in [4.69, 9.17) is 17.3 Å². The van der Waals surface area contributed by atoms with Crippen LogP contribution < -0.4 is 5.73 Å². The Morgan fingerprint density at radius 3 is 2.67 bits per heavy atom. The van der Waals surface area contributed by atoms with Crippen molar-refractivity contribution >= 4 is 17.5 Å². The summed E-state index contributed by atoms with van der Waals surface area (Å²) in [6, 6.07) is 3.71. The van der Waals surface area contributed by atoms with E-state index in [1.165, 1.54) is 12.1 Å². The molecule has 0 aliphatic heterocycles. The topological polar surface area (TPSA) is 63.3 Å². The van der Waals surface area contributed by atoms with Gasteiger partial charge in [0.25, 0.3) is 0 Å². The molecule has 1 unspecified atom stereocenters. The molecule has 1 aromatic carbocycles. The Morgan fingerprint density at radius 1 is 1.60 bits per heavy atom. The summed E-state index contributed by atoms with van der Waals surface area (Å²) in [5.74, 6) is -1.59. The summed E-state index contributed by atoms with van der Waals surface area (Å²) in [6.07, 6.45) is -1.44. The molecule has 0 aromatic heterocycles. The molecule has 0 aliphatic rings. The molecule has 0 aliphatic carbocycles. The number of primary amides is 1. The van der Waals surface area contributed by atoms with Gasteiger partial charge in [0.15, 0.2) is 0 Å². The molecule has 0 heterocycles. The van der Waals surface area contributed by atoms with E-state index in [1.54, 1.807) is 0 Å². The lowest BCUT2D eigenvalue weighted by molar-refractivity contribution is -0.115. The molecule has 1 atom stereocenters. The molecule has 0 spiro atoms. The van der Waals surface area contributed by atoms with E-state index in [-0.39, 0.29) is 16.2 Å². The Bertz CT molecular complexity index is 420. The Morgan fingerprint density at radius 2 is 2.20 bits per heavy atom. The molecular weight excluding hydrogens is 221 g/mol. The first-order valence-corrected chi connectivity index (χ1v) is 4.43. The largest absolute Gasteiger partial charge is 0.383 e. The number of benzene rings is 1. The maximum absolute atomic E-state index is 13.3. The van der Waals surface area contributed by atoms with Crippen LogP contribution in [0.3, 0.4) is 0 Å². The predicted octanol–water partition coefficient (Wildman–Crippen LogP) is 1.55. The Hall–Kier alpha value is -1.39. The van der Waals surface area contributed by atoms with Gasteiger partial charge in [-0.3, -0.25) is 4.79 Å². The number of carbonyl (C=O) groups excluding carboxylic acids is 1. The fourth-order valence-corrected chi connectivity index (χ4v) is 1.20. The lowest BCUT2D eigenvalue weighted by Crippen LogP contribution is -2.19. The van der Waals surface area contributed by atoms with Crippen LogP contribution in [0.5, 0.6) is 0 Å². The summed E-state index contributed by atoms with van der Waals surface area (Å²) in [5.41, 5.74) is 4.56. The highest BCUT2D eigenvalue weighted by Gasteiger charge is 2.19. The number of aliphatic hydroxyl groups is 1. The van der Waals surface area contributed by atoms with Crippen molar-refractivity contribution in [2.24, 2.45) is 5.73 Å². The van der Waals surface area contributed by atoms with Crippen molar-refractivity contribution in [1.82, 2.24) is 0 Å². The zero-order valence-corrected chi connectivity index (χ0v) is 8.46. The third-order valence-corrected chi connectivity index (χ3v) is 2.14. The summed E-state index contributed by atoms with van der Waals surface area (Å²) in [6.45, 7) is 3.27. The monoisotopic (exact) mass is 229 g/mol. The van der Waals surface area contributed by atoms with Crippen molar-refractivity contribution in [3.63, 3.8) is 0 Å². The summed E-state index contributed by atoms with van der Waals surface area (Å²) in [5, 5.41) is 9.75. The summed E-state index contributed by atoms with van der Waals surface area (Å²) >= 11 is 5.53. The van der Waals surface area contributed by atoms with Gasteiger partial charge in [-0.25, -0.2) is 4.39 Å². The smallest absolute Gasteiger partial charge is 0.247 e. The number of rotatable bonds is 3. The maximum atomic E-state index is 13.3. The molecule has 3 nitrogen and oxygen atoms in total. The maximum Gasteiger partial charge on any atom is 0.247 e. The first kappa shape index (κ1) is 11.7. The molecule has 5 heteroatoms. The van der Waals surface area contributed by atoms with Gasteiger partial charge in [-0.15, -0.1) is 0 Å². The van der Waals surface area contributed by atoms with Gasteiger partial charge < -0.3 is 10.8 Å². The number of aliphatic hydroxyl groups excluding tert-OH is 1. The third-order valence-electron chi connectivity index (χ3n) is 1.90. The molecule has 0 saturated carbocycles. The fraction of sp³-hybridized carbons (Fsp3) is 0.100. The Labute approximate surface area is 91.0 Å². The Kier molecular flexibility index (Phi) is 3.44. The quantitative estimate of drug-likeness (QED) is 0.773. The lowest BCUT2D eigenvalue weighted by atomic mass is 10.0. The number of hydrogen-bond donors (Lipinski definition) is 2. The van der Waals surface area contributed by atoms with E-state index >= 15 is 0 Å². The summed E-state index contributed by atoms with van der Waals surface area (Å²) in [4.78, 5) is 10.7. The lowest BCUT2D eigenvalue weighted by Gasteiger charge is -2.12. The van der Waals surface area contributed by atoms with Crippen LogP contribution in [0.25, 0.3) is 0 Å². The molecule has 0 saturated heterocycles. The van der Waals surface area contributed by atoms with Crippen LogP contribution in [0.15, 0.2) is 30.4 Å². The molecule has 1 rings (SSSR count). The van der Waals surface area contributed by atoms with E-state index in [0.29, 0.717) is 0 Å². The number of hydrogen-bond acceptors (Lipinski definition) is 2. The second kappa shape index (κ2) is 4.42. The zero-order chi connectivity index (χ0) is 11.6. The van der Waals surface area contributed by atoms with Gasteiger partial charge in [0.2, 0.25) is 5.91 Å². The highest BCUT2D eigenvalue weighted by molar-refractivity contribution is 6.30. The molecular formula is C10H9ClFNO2. The van der Waals surface area contributed by atoms with Crippen molar-refractivity contribution in [2.45, 2.75) is 6.10 Å². The number of amides is 1. The SMILES string of the molecule is C=C(C(N)=O)C(O)c1ccc(Cl)cc1F. The van der Waals surface area contributed by atoms with Gasteiger partial charge >= 0.3 is 0 Å². The third kappa shape index (κ3) is 2.55. The van der Waals surface area contributed by atoms with E-state index in [9.17, 15) is 14.3 Å². The minimum absolute atomic E-state index is 0.0804. The first-order chi connectivity index (χ1) is 6.93. The van der Waals surface area contributed by atoms with Gasteiger partial charge in [-0.05, 0) is 12.1 Å². The number of carbonyl (C=O) groups is 1. The number of nitrogens with two attached hydrogens (primary N) is 1. The first-order valence-electron chi connectivity index (χ1n) is 4.05. The van der Waals surface area contributed by atoms with Crippen LogP contribution in [-0.2, 0) is 4.79 Å². The van der Waals surface area contributed by atoms with Gasteiger partial charge in [0, 0.05) is 16.2 Å². The molecule has 3 N–H and O–H groups in total. The average molecular weight is 230 g/mol. The van der Waals surface area contributed by atoms with Crippen LogP contribution in [0.1, 0.15) is 11.7 Å². The molecule has 1 amide bonds. The fourth-order valence-electron chi connectivity index (χ4n) is 1.05. The standard InChI is InChI=1S/C10H9ClFNO2/c1-5(10(13)15)9(14)7-3-2-6(11)4-8(7)12/h2-4,9,14H,1H2,(H2,13,15). The van der Waals surface area contributed by atoms with Crippen LogP contribution in [-0.4, -0.2) is 11.0 Å². The predicted molar refractivity (Wildman–Crippen MR) is 54.7 cm³/mol. The van der Waals surface area contributed by atoms with Crippen molar-refractivity contribution in [3.8, 4) is 0 Å². The molecule has 15 heavy (non-hydrogen) atoms. The average Bonchev–Trinajstić information content (AvgIpc) is 2.15. The van der Waals surface area contributed by atoms with Crippen molar-refractivity contribution in [3.05, 3.63) is 46.8 Å². The van der Waals surface area contributed by atoms with Gasteiger partial charge in [-0.2, -0.15) is 0 Å². The summed E-state index contributed by atoms with van der Waals surface area (Å²) < 4.78 is 13.3. The van der Waals surface area contributed by atoms with Crippen molar-refractivity contribution in [2.75, 3.05) is 0 Å². The van der Waals surface area contributed by atoms with E-state index < -0.39 is 17.8 Å². The Balaban J connectivity index is 3.06. The minimum atomic E-state index is -1.44. The summed E-state index contributed by atoms with van der Waals surface area (Å²) in [7, 11) is 0. The van der Waals surface area contributed by atoms with Gasteiger partial charge in [0.1, 0.15) is 11.9 Å². The van der Waals surface area contributed by atoms with Crippen LogP contribution in [0.2, 0.25) is 5.02 Å². The zero-order valence-electron chi connectivity index (χ0n) is 7.71. The second-order valence-corrected chi connectivity index (χ2v) is 3.39. The van der Waals surface area contributed by atoms with Crippen molar-refractivity contribution < 1.29 is 14.3 Å². The normalized spacial score (nSPS) is 12.2. The van der Waals surface area contributed by atoms with E-state index in [2.05, 4.69) is 6.58 Å². The minimum Gasteiger partial charge on any atom is -0.383 e. The highest BCUT2D eigenvalue weighted by Crippen LogP contribution is 2.24. The van der Waals surface area contributed by atoms with Gasteiger partial charge in [0.05, 0.1) is 0 Å². The van der Waals surface area contributed by atoms with Crippen LogP contribution in [0.4, 0.5) is 4.39 Å². The van der Waals surface area contributed by atoms with E-state index in [1.807, 2.05) is 0 Å². The van der Waals surface area contributed by atoms with Crippen LogP contribution in [0, 0.1) is 5.82 Å². The van der Waals surface area contributed by atoms with Gasteiger partial charge in [-0.1, -0.05) is 24.2 Å². The number of halogens is 2. The molecule has 0 bridgehead atoms. The highest BCUT2D eigenvalue weighted by atomic mass is 35.5. The molecule has 1 aromatic rings. The molecule has 0 fully saturated rings. The van der Waals surface area contributed by atoms with Crippen LogP contribution >= 0.6 is 11.6 Å². The molecule has 0 radical (unpaired) electrons. The molecule has 80 valence electrons. The second-order valence-electron chi connectivity index (χ2n) is 2.96.